The molecule has 2 heterocycles. The molecule has 130 valence electrons. The summed E-state index contributed by atoms with van der Waals surface area (Å²) < 4.78 is 0. The first-order valence-corrected chi connectivity index (χ1v) is 8.84. The molecule has 1 N–H and O–H groups in total. The van der Waals surface area contributed by atoms with Crippen LogP contribution in [0.2, 0.25) is 0 Å². The van der Waals surface area contributed by atoms with Crippen molar-refractivity contribution in [1.82, 2.24) is 9.97 Å². The third-order valence-electron chi connectivity index (χ3n) is 4.12. The smallest absolute Gasteiger partial charge is 0.192 e. The number of hydrogen-bond donors (Lipinski definition) is 1. The van der Waals surface area contributed by atoms with Crippen LogP contribution in [0.25, 0.3) is 0 Å². The molecular weight excluding hydrogens is 334 g/mol. The van der Waals surface area contributed by atoms with Gasteiger partial charge in [-0.3, -0.25) is 9.59 Å². The first-order valence-electron chi connectivity index (χ1n) is 7.96. The van der Waals surface area contributed by atoms with Crippen LogP contribution in [-0.2, 0) is 0 Å². The van der Waals surface area contributed by atoms with Crippen molar-refractivity contribution in [2.45, 2.75) is 51.8 Å². The molecule has 5 nitrogen and oxygen atoms in total. The number of nitriles is 1. The number of ketones is 2. The molecule has 0 aliphatic heterocycles. The molecule has 0 bridgehead atoms. The second kappa shape index (κ2) is 7.24. The van der Waals surface area contributed by atoms with E-state index >= 15 is 0 Å². The zero-order valence-corrected chi connectivity index (χ0v) is 16.1. The van der Waals surface area contributed by atoms with Gasteiger partial charge >= 0.3 is 0 Å². The molecule has 0 radical (unpaired) electrons. The molecule has 1 atom stereocenters. The van der Waals surface area contributed by atoms with Crippen molar-refractivity contribution >= 4 is 23.3 Å². The number of nitrogens with one attached hydrogen (secondary N) is 1. The summed E-state index contributed by atoms with van der Waals surface area (Å²) in [6.07, 6.45) is 0. The van der Waals surface area contributed by atoms with Gasteiger partial charge in [0.05, 0.1) is 16.5 Å². The van der Waals surface area contributed by atoms with Gasteiger partial charge in [0.1, 0.15) is 11.1 Å². The highest BCUT2D eigenvalue weighted by atomic mass is 32.2. The van der Waals surface area contributed by atoms with E-state index in [0.717, 1.165) is 11.3 Å². The zero-order valence-electron chi connectivity index (χ0n) is 15.3. The average Bonchev–Trinajstić information content (AvgIpc) is 2.80. The number of aromatic amines is 1. The molecule has 6 heteroatoms. The predicted octanol–water partition coefficient (Wildman–Crippen LogP) is 4.08. The number of aryl methyl sites for hydroxylation is 3. The van der Waals surface area contributed by atoms with Crippen LogP contribution in [-0.4, -0.2) is 26.8 Å². The van der Waals surface area contributed by atoms with Gasteiger partial charge in [0, 0.05) is 17.0 Å². The molecule has 0 saturated carbocycles. The number of carbonyl (C=O) groups excluding carboxylic acids is 2. The molecule has 2 rings (SSSR count). The summed E-state index contributed by atoms with van der Waals surface area (Å²) in [6.45, 7) is 10.6. The minimum Gasteiger partial charge on any atom is -0.355 e. The highest BCUT2D eigenvalue weighted by Crippen LogP contribution is 2.30. The summed E-state index contributed by atoms with van der Waals surface area (Å²) in [6, 6.07) is 4.02. The van der Waals surface area contributed by atoms with Crippen molar-refractivity contribution in [3.8, 4) is 6.07 Å². The van der Waals surface area contributed by atoms with Gasteiger partial charge in [-0.25, -0.2) is 4.98 Å². The first kappa shape index (κ1) is 18.9. The van der Waals surface area contributed by atoms with Gasteiger partial charge < -0.3 is 4.98 Å². The first-order chi connectivity index (χ1) is 11.7. The number of aromatic nitrogens is 2. The van der Waals surface area contributed by atoms with E-state index in [2.05, 4.69) is 16.0 Å². The zero-order chi connectivity index (χ0) is 18.9. The SMILES string of the molecule is CC(=O)c1c(C)[nH]c(C(=O)[C@@H](C)Sc2nc(C)cc(C)c2C#N)c1C. The maximum absolute atomic E-state index is 12.9. The fourth-order valence-electron chi connectivity index (χ4n) is 2.97. The van der Waals surface area contributed by atoms with E-state index in [1.165, 1.54) is 18.7 Å². The molecule has 0 saturated heterocycles. The molecule has 0 amide bonds. The number of hydrogen-bond acceptors (Lipinski definition) is 5. The van der Waals surface area contributed by atoms with Crippen LogP contribution in [0.5, 0.6) is 0 Å². The van der Waals surface area contributed by atoms with Crippen molar-refractivity contribution in [3.05, 3.63) is 45.4 Å². The molecule has 0 aromatic carbocycles. The van der Waals surface area contributed by atoms with Crippen LogP contribution in [0.1, 0.15) is 62.8 Å². The van der Waals surface area contributed by atoms with Crippen LogP contribution in [0.3, 0.4) is 0 Å². The van der Waals surface area contributed by atoms with E-state index < -0.39 is 5.25 Å². The second-order valence-electron chi connectivity index (χ2n) is 6.18. The number of Topliss-reactive ketones (excluding diaryl/α,β-unsaturated/α-hetero) is 2. The molecule has 0 aliphatic carbocycles. The topological polar surface area (TPSA) is 86.6 Å². The highest BCUT2D eigenvalue weighted by molar-refractivity contribution is 8.00. The minimum absolute atomic E-state index is 0.0617. The van der Waals surface area contributed by atoms with Gasteiger partial charge in [0.25, 0.3) is 0 Å². The van der Waals surface area contributed by atoms with Crippen molar-refractivity contribution in [2.75, 3.05) is 0 Å². The maximum atomic E-state index is 12.9. The van der Waals surface area contributed by atoms with Gasteiger partial charge in [0.15, 0.2) is 11.6 Å². The Hall–Kier alpha value is -2.39. The molecule has 0 fully saturated rings. The van der Waals surface area contributed by atoms with Gasteiger partial charge in [-0.1, -0.05) is 11.8 Å². The number of nitrogens with zero attached hydrogens (tertiary/aromatic N) is 2. The lowest BCUT2D eigenvalue weighted by atomic mass is 10.0. The summed E-state index contributed by atoms with van der Waals surface area (Å²) in [4.78, 5) is 32.1. The van der Waals surface area contributed by atoms with Gasteiger partial charge in [-0.05, 0) is 58.7 Å². The molecule has 0 spiro atoms. The molecule has 25 heavy (non-hydrogen) atoms. The van der Waals surface area contributed by atoms with E-state index in [9.17, 15) is 14.9 Å². The monoisotopic (exact) mass is 355 g/mol. The Balaban J connectivity index is 2.36. The molecule has 0 aliphatic rings. The predicted molar refractivity (Wildman–Crippen MR) is 98.3 cm³/mol. The Morgan fingerprint density at radius 1 is 1.28 bits per heavy atom. The lowest BCUT2D eigenvalue weighted by Gasteiger charge is -2.12. The summed E-state index contributed by atoms with van der Waals surface area (Å²) in [5, 5.41) is 9.50. The molecule has 2 aromatic rings. The van der Waals surface area contributed by atoms with E-state index in [-0.39, 0.29) is 11.6 Å². The number of carbonyl (C=O) groups is 2. The van der Waals surface area contributed by atoms with Gasteiger partial charge in [-0.15, -0.1) is 0 Å². The average molecular weight is 355 g/mol. The molecule has 2 aromatic heterocycles. The second-order valence-corrected chi connectivity index (χ2v) is 7.51. The van der Waals surface area contributed by atoms with Gasteiger partial charge in [-0.2, -0.15) is 5.26 Å². The standard InChI is InChI=1S/C19H21N3O2S/c1-9-7-10(2)21-19(15(9)8-20)25-14(6)18(24)17-11(3)16(13(5)23)12(4)22-17/h7,14,22H,1-6H3/t14-/m1/s1. The van der Waals surface area contributed by atoms with Crippen LogP contribution in [0.4, 0.5) is 0 Å². The lowest BCUT2D eigenvalue weighted by Crippen LogP contribution is -2.16. The van der Waals surface area contributed by atoms with Gasteiger partial charge in [0.2, 0.25) is 0 Å². The van der Waals surface area contributed by atoms with Crippen molar-refractivity contribution in [3.63, 3.8) is 0 Å². The van der Waals surface area contributed by atoms with Crippen LogP contribution < -0.4 is 0 Å². The summed E-state index contributed by atoms with van der Waals surface area (Å²) in [7, 11) is 0. The Morgan fingerprint density at radius 2 is 1.92 bits per heavy atom. The molecule has 0 unspecified atom stereocenters. The number of thioether (sulfide) groups is 1. The Morgan fingerprint density at radius 3 is 2.44 bits per heavy atom. The number of pyridine rings is 1. The number of H-pyrrole nitrogens is 1. The lowest BCUT2D eigenvalue weighted by molar-refractivity contribution is 0.0988. The van der Waals surface area contributed by atoms with E-state index in [4.69, 9.17) is 0 Å². The highest BCUT2D eigenvalue weighted by Gasteiger charge is 2.25. The Kier molecular flexibility index (Phi) is 5.48. The van der Waals surface area contributed by atoms with E-state index in [1.54, 1.807) is 20.8 Å². The fraction of sp³-hybridized carbons (Fsp3) is 0.368. The largest absolute Gasteiger partial charge is 0.355 e. The number of rotatable bonds is 5. The summed E-state index contributed by atoms with van der Waals surface area (Å²) in [5.74, 6) is -0.170. The third kappa shape index (κ3) is 3.67. The normalized spacial score (nSPS) is 11.9. The van der Waals surface area contributed by atoms with Crippen molar-refractivity contribution in [2.24, 2.45) is 0 Å². The van der Waals surface area contributed by atoms with E-state index in [1.807, 2.05) is 19.9 Å². The Bertz CT molecular complexity index is 906. The fourth-order valence-corrected chi connectivity index (χ4v) is 4.05. The third-order valence-corrected chi connectivity index (χ3v) is 5.20. The quantitative estimate of drug-likeness (QED) is 0.645. The van der Waals surface area contributed by atoms with Crippen LogP contribution in [0.15, 0.2) is 11.1 Å². The molecular formula is C19H21N3O2S. The van der Waals surface area contributed by atoms with Crippen molar-refractivity contribution in [1.29, 1.82) is 5.26 Å². The maximum Gasteiger partial charge on any atom is 0.192 e. The van der Waals surface area contributed by atoms with Crippen LogP contribution >= 0.6 is 11.8 Å². The van der Waals surface area contributed by atoms with Crippen molar-refractivity contribution < 1.29 is 9.59 Å². The summed E-state index contributed by atoms with van der Waals surface area (Å²) >= 11 is 1.27. The minimum atomic E-state index is -0.433. The van der Waals surface area contributed by atoms with E-state index in [0.29, 0.717) is 33.1 Å². The Labute approximate surface area is 151 Å². The summed E-state index contributed by atoms with van der Waals surface area (Å²) in [5.41, 5.74) is 4.56. The van der Waals surface area contributed by atoms with Crippen LogP contribution in [0, 0.1) is 39.0 Å².